The Morgan fingerprint density at radius 1 is 1.10 bits per heavy atom. The first kappa shape index (κ1) is 14.5. The van der Waals surface area contributed by atoms with E-state index in [9.17, 15) is 8.78 Å². The maximum atomic E-state index is 13.4. The van der Waals surface area contributed by atoms with Crippen molar-refractivity contribution in [2.24, 2.45) is 5.73 Å². The van der Waals surface area contributed by atoms with Gasteiger partial charge in [-0.25, -0.2) is 8.78 Å². The minimum absolute atomic E-state index is 0.00436. The first-order valence-electron chi connectivity index (χ1n) is 6.53. The van der Waals surface area contributed by atoms with E-state index in [1.807, 2.05) is 19.1 Å². The molecule has 4 heteroatoms. The van der Waals surface area contributed by atoms with Gasteiger partial charge in [-0.2, -0.15) is 0 Å². The van der Waals surface area contributed by atoms with E-state index in [2.05, 4.69) is 0 Å². The molecule has 0 spiro atoms. The van der Waals surface area contributed by atoms with Crippen LogP contribution in [0.4, 0.5) is 8.78 Å². The maximum Gasteiger partial charge on any atom is 0.165 e. The molecule has 20 heavy (non-hydrogen) atoms. The topological polar surface area (TPSA) is 35.2 Å². The molecule has 1 atom stereocenters. The SMILES string of the molecule is CC[C@H](N)c1ccc(OCc2cccc(F)c2F)cc1. The van der Waals surface area contributed by atoms with Crippen LogP contribution in [0.25, 0.3) is 0 Å². The Hall–Kier alpha value is -1.94. The van der Waals surface area contributed by atoms with Crippen LogP contribution in [0.2, 0.25) is 0 Å². The molecule has 0 aliphatic carbocycles. The summed E-state index contributed by atoms with van der Waals surface area (Å²) in [6.45, 7) is 2.00. The Labute approximate surface area is 117 Å². The van der Waals surface area contributed by atoms with Crippen molar-refractivity contribution in [1.82, 2.24) is 0 Å². The summed E-state index contributed by atoms with van der Waals surface area (Å²) in [5, 5.41) is 0. The Morgan fingerprint density at radius 3 is 2.45 bits per heavy atom. The first-order chi connectivity index (χ1) is 9.61. The number of nitrogens with two attached hydrogens (primary N) is 1. The largest absolute Gasteiger partial charge is 0.489 e. The first-order valence-corrected chi connectivity index (χ1v) is 6.53. The lowest BCUT2D eigenvalue weighted by Gasteiger charge is -2.11. The van der Waals surface area contributed by atoms with Gasteiger partial charge in [0.1, 0.15) is 12.4 Å². The molecule has 0 saturated heterocycles. The summed E-state index contributed by atoms with van der Waals surface area (Å²) in [5.41, 5.74) is 7.13. The van der Waals surface area contributed by atoms with Crippen LogP contribution in [-0.4, -0.2) is 0 Å². The van der Waals surface area contributed by atoms with Gasteiger partial charge < -0.3 is 10.5 Å². The van der Waals surface area contributed by atoms with E-state index in [0.717, 1.165) is 18.1 Å². The quantitative estimate of drug-likeness (QED) is 0.898. The van der Waals surface area contributed by atoms with Crippen LogP contribution in [0, 0.1) is 11.6 Å². The highest BCUT2D eigenvalue weighted by atomic mass is 19.2. The third-order valence-electron chi connectivity index (χ3n) is 3.17. The van der Waals surface area contributed by atoms with Gasteiger partial charge in [0.15, 0.2) is 11.6 Å². The number of ether oxygens (including phenoxy) is 1. The summed E-state index contributed by atoms with van der Waals surface area (Å²) in [5.74, 6) is -1.13. The standard InChI is InChI=1S/C16H17F2NO/c1-2-15(19)11-6-8-13(9-7-11)20-10-12-4-3-5-14(17)16(12)18/h3-9,15H,2,10,19H2,1H3/t15-/m0/s1. The number of rotatable bonds is 5. The molecule has 106 valence electrons. The van der Waals surface area contributed by atoms with E-state index in [1.54, 1.807) is 12.1 Å². The van der Waals surface area contributed by atoms with Gasteiger partial charge in [0, 0.05) is 11.6 Å². The fourth-order valence-corrected chi connectivity index (χ4v) is 1.87. The normalized spacial score (nSPS) is 12.2. The number of hydrogen-bond acceptors (Lipinski definition) is 2. The summed E-state index contributed by atoms with van der Waals surface area (Å²) in [6.07, 6.45) is 0.856. The molecule has 0 unspecified atom stereocenters. The molecule has 0 amide bonds. The zero-order valence-corrected chi connectivity index (χ0v) is 11.3. The predicted octanol–water partition coefficient (Wildman–Crippen LogP) is 3.95. The van der Waals surface area contributed by atoms with E-state index in [-0.39, 0.29) is 18.2 Å². The maximum absolute atomic E-state index is 13.4. The molecule has 0 saturated carbocycles. The van der Waals surface area contributed by atoms with E-state index in [4.69, 9.17) is 10.5 Å². The number of benzene rings is 2. The van der Waals surface area contributed by atoms with Crippen LogP contribution in [0.5, 0.6) is 5.75 Å². The van der Waals surface area contributed by atoms with Crippen LogP contribution < -0.4 is 10.5 Å². The Kier molecular flexibility index (Phi) is 4.69. The minimum Gasteiger partial charge on any atom is -0.489 e. The molecule has 2 rings (SSSR count). The highest BCUT2D eigenvalue weighted by molar-refractivity contribution is 5.29. The molecule has 0 fully saturated rings. The monoisotopic (exact) mass is 277 g/mol. The molecule has 2 aromatic rings. The van der Waals surface area contributed by atoms with Gasteiger partial charge in [-0.1, -0.05) is 31.2 Å². The van der Waals surface area contributed by atoms with E-state index < -0.39 is 11.6 Å². The zero-order chi connectivity index (χ0) is 14.5. The molecule has 2 nitrogen and oxygen atoms in total. The molecule has 0 aliphatic rings. The minimum atomic E-state index is -0.865. The van der Waals surface area contributed by atoms with Crippen molar-refractivity contribution < 1.29 is 13.5 Å². The summed E-state index contributed by atoms with van der Waals surface area (Å²) >= 11 is 0. The molecular formula is C16H17F2NO. The van der Waals surface area contributed by atoms with Crippen molar-refractivity contribution in [2.75, 3.05) is 0 Å². The van der Waals surface area contributed by atoms with Crippen LogP contribution >= 0.6 is 0 Å². The highest BCUT2D eigenvalue weighted by Crippen LogP contribution is 2.20. The predicted molar refractivity (Wildman–Crippen MR) is 74.4 cm³/mol. The van der Waals surface area contributed by atoms with Crippen molar-refractivity contribution in [3.63, 3.8) is 0 Å². The van der Waals surface area contributed by atoms with Crippen molar-refractivity contribution in [3.8, 4) is 5.75 Å². The average Bonchev–Trinajstić information content (AvgIpc) is 2.48. The molecule has 0 radical (unpaired) electrons. The second-order valence-corrected chi connectivity index (χ2v) is 4.59. The van der Waals surface area contributed by atoms with E-state index in [1.165, 1.54) is 12.1 Å². The lowest BCUT2D eigenvalue weighted by molar-refractivity contribution is 0.297. The molecule has 0 bridgehead atoms. The summed E-state index contributed by atoms with van der Waals surface area (Å²) < 4.78 is 31.9. The molecule has 0 aliphatic heterocycles. The lowest BCUT2D eigenvalue weighted by Crippen LogP contribution is -2.08. The Morgan fingerprint density at radius 2 is 1.80 bits per heavy atom. The van der Waals surface area contributed by atoms with Gasteiger partial charge in [0.25, 0.3) is 0 Å². The van der Waals surface area contributed by atoms with Crippen LogP contribution in [0.3, 0.4) is 0 Å². The summed E-state index contributed by atoms with van der Waals surface area (Å²) in [7, 11) is 0. The smallest absolute Gasteiger partial charge is 0.165 e. The van der Waals surface area contributed by atoms with Crippen LogP contribution in [-0.2, 0) is 6.61 Å². The highest BCUT2D eigenvalue weighted by Gasteiger charge is 2.08. The average molecular weight is 277 g/mol. The van der Waals surface area contributed by atoms with Gasteiger partial charge in [-0.3, -0.25) is 0 Å². The summed E-state index contributed by atoms with van der Waals surface area (Å²) in [4.78, 5) is 0. The second-order valence-electron chi connectivity index (χ2n) is 4.59. The number of hydrogen-bond donors (Lipinski definition) is 1. The van der Waals surface area contributed by atoms with Gasteiger partial charge in [0.05, 0.1) is 0 Å². The van der Waals surface area contributed by atoms with Crippen molar-refractivity contribution in [2.45, 2.75) is 26.0 Å². The zero-order valence-electron chi connectivity index (χ0n) is 11.3. The van der Waals surface area contributed by atoms with E-state index >= 15 is 0 Å². The van der Waals surface area contributed by atoms with Crippen LogP contribution in [0.1, 0.15) is 30.5 Å². The van der Waals surface area contributed by atoms with Gasteiger partial charge in [-0.05, 0) is 30.2 Å². The fraction of sp³-hybridized carbons (Fsp3) is 0.250. The molecule has 0 aromatic heterocycles. The number of halogens is 2. The Bertz CT molecular complexity index is 569. The Balaban J connectivity index is 2.02. The molecule has 0 heterocycles. The third-order valence-corrected chi connectivity index (χ3v) is 3.17. The van der Waals surface area contributed by atoms with Gasteiger partial charge >= 0.3 is 0 Å². The van der Waals surface area contributed by atoms with E-state index in [0.29, 0.717) is 5.75 Å². The second kappa shape index (κ2) is 6.48. The molecule has 2 aromatic carbocycles. The van der Waals surface area contributed by atoms with Crippen molar-refractivity contribution in [1.29, 1.82) is 0 Å². The van der Waals surface area contributed by atoms with Gasteiger partial charge in [0.2, 0.25) is 0 Å². The molecular weight excluding hydrogens is 260 g/mol. The third kappa shape index (κ3) is 3.33. The fourth-order valence-electron chi connectivity index (χ4n) is 1.87. The lowest BCUT2D eigenvalue weighted by atomic mass is 10.1. The summed E-state index contributed by atoms with van der Waals surface area (Å²) in [6, 6.07) is 11.4. The van der Waals surface area contributed by atoms with Gasteiger partial charge in [-0.15, -0.1) is 0 Å². The molecule has 2 N–H and O–H groups in total. The van der Waals surface area contributed by atoms with Crippen molar-refractivity contribution >= 4 is 0 Å². The van der Waals surface area contributed by atoms with Crippen LogP contribution in [0.15, 0.2) is 42.5 Å². The van der Waals surface area contributed by atoms with Crippen molar-refractivity contribution in [3.05, 3.63) is 65.2 Å².